The number of fused-ring (bicyclic) bond motifs is 1. The Morgan fingerprint density at radius 2 is 1.96 bits per heavy atom. The lowest BCUT2D eigenvalue weighted by Gasteiger charge is -2.35. The summed E-state index contributed by atoms with van der Waals surface area (Å²) >= 11 is 1.48. The summed E-state index contributed by atoms with van der Waals surface area (Å²) in [5, 5.41) is 4.07. The molecular weight excluding hydrogens is 346 g/mol. The summed E-state index contributed by atoms with van der Waals surface area (Å²) in [6, 6.07) is 0. The van der Waals surface area contributed by atoms with E-state index in [0.29, 0.717) is 0 Å². The summed E-state index contributed by atoms with van der Waals surface area (Å²) in [5.74, 6) is 0.991. The zero-order valence-electron chi connectivity index (χ0n) is 16.0. The van der Waals surface area contributed by atoms with E-state index in [-0.39, 0.29) is 5.91 Å². The number of nitrogens with one attached hydrogen (secondary N) is 1. The second-order valence-corrected chi connectivity index (χ2v) is 7.87. The summed E-state index contributed by atoms with van der Waals surface area (Å²) < 4.78 is 0. The largest absolute Gasteiger partial charge is 0.353 e. The van der Waals surface area contributed by atoms with Gasteiger partial charge in [0.2, 0.25) is 0 Å². The minimum Gasteiger partial charge on any atom is -0.353 e. The standard InChI is InChI=1S/C19H29N5OS/c1-4-6-7-20-18(25)16-14(3)15-17(21-13-22-19(15)26-16)24-11-9-23(8-5-2)10-12-24/h13H,4-12H2,1-3H3,(H,20,25). The van der Waals surface area contributed by atoms with E-state index in [1.807, 2.05) is 6.92 Å². The van der Waals surface area contributed by atoms with Gasteiger partial charge in [0.25, 0.3) is 5.91 Å². The molecule has 1 N–H and O–H groups in total. The van der Waals surface area contributed by atoms with Crippen molar-refractivity contribution >= 4 is 33.3 Å². The van der Waals surface area contributed by atoms with Gasteiger partial charge >= 0.3 is 0 Å². The predicted octanol–water partition coefficient (Wildman–Crippen LogP) is 3.06. The van der Waals surface area contributed by atoms with Gasteiger partial charge in [-0.2, -0.15) is 0 Å². The monoisotopic (exact) mass is 375 g/mol. The molecule has 0 aliphatic carbocycles. The first-order valence-electron chi connectivity index (χ1n) is 9.65. The van der Waals surface area contributed by atoms with Crippen molar-refractivity contribution in [1.29, 1.82) is 0 Å². The lowest BCUT2D eigenvalue weighted by molar-refractivity contribution is 0.0957. The van der Waals surface area contributed by atoms with E-state index in [4.69, 9.17) is 0 Å². The highest BCUT2D eigenvalue weighted by Crippen LogP contribution is 2.35. The molecule has 0 atom stereocenters. The molecule has 1 amide bonds. The van der Waals surface area contributed by atoms with Gasteiger partial charge in [0.05, 0.1) is 10.3 Å². The zero-order valence-corrected chi connectivity index (χ0v) is 16.9. The molecule has 0 unspecified atom stereocenters. The number of aromatic nitrogens is 2. The third-order valence-corrected chi connectivity index (χ3v) is 6.14. The molecule has 3 heterocycles. The van der Waals surface area contributed by atoms with Crippen molar-refractivity contribution in [2.24, 2.45) is 0 Å². The molecule has 0 aromatic carbocycles. The minimum absolute atomic E-state index is 0.0117. The van der Waals surface area contributed by atoms with Gasteiger partial charge in [-0.3, -0.25) is 9.69 Å². The number of nitrogens with zero attached hydrogens (tertiary/aromatic N) is 4. The molecule has 2 aromatic rings. The van der Waals surface area contributed by atoms with Gasteiger partial charge in [-0.1, -0.05) is 20.3 Å². The molecule has 1 aliphatic heterocycles. The molecule has 1 aliphatic rings. The molecule has 0 bridgehead atoms. The van der Waals surface area contributed by atoms with Crippen LogP contribution in [0.3, 0.4) is 0 Å². The van der Waals surface area contributed by atoms with Gasteiger partial charge in [-0.25, -0.2) is 9.97 Å². The van der Waals surface area contributed by atoms with Crippen LogP contribution in [0.15, 0.2) is 6.33 Å². The van der Waals surface area contributed by atoms with Gasteiger partial charge in [-0.05, 0) is 31.9 Å². The molecule has 1 fully saturated rings. The second-order valence-electron chi connectivity index (χ2n) is 6.87. The Morgan fingerprint density at radius 3 is 2.65 bits per heavy atom. The fourth-order valence-electron chi connectivity index (χ4n) is 3.47. The number of amides is 1. The number of thiophene rings is 1. The van der Waals surface area contributed by atoms with Gasteiger partial charge in [0.15, 0.2) is 0 Å². The number of unbranched alkanes of at least 4 members (excludes halogenated alkanes) is 1. The third kappa shape index (κ3) is 3.99. The average molecular weight is 376 g/mol. The van der Waals surface area contributed by atoms with Crippen LogP contribution in [0.5, 0.6) is 0 Å². The Balaban J connectivity index is 1.83. The third-order valence-electron chi connectivity index (χ3n) is 4.94. The van der Waals surface area contributed by atoms with E-state index in [1.165, 1.54) is 17.8 Å². The maximum absolute atomic E-state index is 12.5. The molecule has 26 heavy (non-hydrogen) atoms. The fourth-order valence-corrected chi connectivity index (χ4v) is 4.53. The Kier molecular flexibility index (Phi) is 6.43. The van der Waals surface area contributed by atoms with Gasteiger partial charge in [-0.15, -0.1) is 11.3 Å². The summed E-state index contributed by atoms with van der Waals surface area (Å²) in [6.07, 6.45) is 4.90. The average Bonchev–Trinajstić information content (AvgIpc) is 3.00. The van der Waals surface area contributed by atoms with Crippen LogP contribution in [0.2, 0.25) is 0 Å². The van der Waals surface area contributed by atoms with E-state index < -0.39 is 0 Å². The van der Waals surface area contributed by atoms with E-state index in [2.05, 4.69) is 38.9 Å². The van der Waals surface area contributed by atoms with Crippen molar-refractivity contribution in [1.82, 2.24) is 20.2 Å². The van der Waals surface area contributed by atoms with E-state index in [1.54, 1.807) is 6.33 Å². The zero-order chi connectivity index (χ0) is 18.5. The number of anilines is 1. The summed E-state index contributed by atoms with van der Waals surface area (Å²) in [6.45, 7) is 12.3. The number of hydrogen-bond acceptors (Lipinski definition) is 6. The molecule has 2 aromatic heterocycles. The summed E-state index contributed by atoms with van der Waals surface area (Å²) in [4.78, 5) is 28.1. The molecule has 0 spiro atoms. The summed E-state index contributed by atoms with van der Waals surface area (Å²) in [5.41, 5.74) is 1.01. The smallest absolute Gasteiger partial charge is 0.261 e. The quantitative estimate of drug-likeness (QED) is 0.754. The van der Waals surface area contributed by atoms with E-state index in [9.17, 15) is 4.79 Å². The maximum atomic E-state index is 12.5. The van der Waals surface area contributed by atoms with E-state index >= 15 is 0 Å². The van der Waals surface area contributed by atoms with Gasteiger partial charge in [0.1, 0.15) is 17.0 Å². The van der Waals surface area contributed by atoms with Crippen LogP contribution >= 0.6 is 11.3 Å². The number of carbonyl (C=O) groups is 1. The number of aryl methyl sites for hydroxylation is 1. The lowest BCUT2D eigenvalue weighted by Crippen LogP contribution is -2.46. The number of hydrogen-bond donors (Lipinski definition) is 1. The van der Waals surface area contributed by atoms with Crippen molar-refractivity contribution in [3.05, 3.63) is 16.8 Å². The second kappa shape index (κ2) is 8.77. The van der Waals surface area contributed by atoms with Crippen LogP contribution < -0.4 is 10.2 Å². The molecule has 6 nitrogen and oxygen atoms in total. The maximum Gasteiger partial charge on any atom is 0.261 e. The van der Waals surface area contributed by atoms with Crippen LogP contribution in [-0.2, 0) is 0 Å². The first-order chi connectivity index (χ1) is 12.7. The van der Waals surface area contributed by atoms with Crippen molar-refractivity contribution in [2.75, 3.05) is 44.2 Å². The highest BCUT2D eigenvalue weighted by Gasteiger charge is 2.24. The Bertz CT molecular complexity index is 752. The predicted molar refractivity (Wildman–Crippen MR) is 108 cm³/mol. The van der Waals surface area contributed by atoms with Crippen molar-refractivity contribution in [3.63, 3.8) is 0 Å². The molecular formula is C19H29N5OS. The Morgan fingerprint density at radius 1 is 1.19 bits per heavy atom. The summed E-state index contributed by atoms with van der Waals surface area (Å²) in [7, 11) is 0. The van der Waals surface area contributed by atoms with Crippen molar-refractivity contribution in [3.8, 4) is 0 Å². The number of carbonyl (C=O) groups excluding carboxylic acids is 1. The van der Waals surface area contributed by atoms with Crippen LogP contribution in [0.25, 0.3) is 10.2 Å². The molecule has 142 valence electrons. The Hall–Kier alpha value is -1.73. The van der Waals surface area contributed by atoms with Gasteiger partial charge in [0, 0.05) is 32.7 Å². The molecule has 1 saturated heterocycles. The first-order valence-corrected chi connectivity index (χ1v) is 10.5. The topological polar surface area (TPSA) is 61.4 Å². The normalized spacial score (nSPS) is 15.6. The highest BCUT2D eigenvalue weighted by molar-refractivity contribution is 7.20. The number of rotatable bonds is 7. The SMILES string of the molecule is CCCCNC(=O)c1sc2ncnc(N3CCN(CCC)CC3)c2c1C. The Labute approximate surface area is 159 Å². The van der Waals surface area contributed by atoms with Crippen LogP contribution in [0.4, 0.5) is 5.82 Å². The van der Waals surface area contributed by atoms with Crippen LogP contribution in [0.1, 0.15) is 48.3 Å². The fraction of sp³-hybridized carbons (Fsp3) is 0.632. The molecule has 7 heteroatoms. The number of piperazine rings is 1. The highest BCUT2D eigenvalue weighted by atomic mass is 32.1. The van der Waals surface area contributed by atoms with Gasteiger partial charge < -0.3 is 10.2 Å². The first kappa shape index (κ1) is 19.0. The lowest BCUT2D eigenvalue weighted by atomic mass is 10.1. The molecule has 0 radical (unpaired) electrons. The van der Waals surface area contributed by atoms with Crippen molar-refractivity contribution in [2.45, 2.75) is 40.0 Å². The van der Waals surface area contributed by atoms with Crippen LogP contribution in [-0.4, -0.2) is 60.0 Å². The van der Waals surface area contributed by atoms with Crippen molar-refractivity contribution < 1.29 is 4.79 Å². The molecule has 0 saturated carbocycles. The van der Waals surface area contributed by atoms with E-state index in [0.717, 1.165) is 78.6 Å². The van der Waals surface area contributed by atoms with Crippen LogP contribution in [0, 0.1) is 6.92 Å². The minimum atomic E-state index is 0.0117. The molecule has 3 rings (SSSR count).